The van der Waals surface area contributed by atoms with Crippen LogP contribution in [0.15, 0.2) is 53.0 Å². The number of anilines is 1. The lowest BCUT2D eigenvalue weighted by Crippen LogP contribution is -2.37. The SMILES string of the molecule is COc1ccc(Br)cc1NC(=O)C(N)Cc1ccccc1. The van der Waals surface area contributed by atoms with E-state index in [0.29, 0.717) is 17.9 Å². The van der Waals surface area contributed by atoms with Gasteiger partial charge in [0.25, 0.3) is 0 Å². The van der Waals surface area contributed by atoms with E-state index in [1.165, 1.54) is 0 Å². The Morgan fingerprint density at radius 2 is 2.00 bits per heavy atom. The van der Waals surface area contributed by atoms with Crippen LogP contribution in [0.1, 0.15) is 5.56 Å². The number of methoxy groups -OCH3 is 1. The van der Waals surface area contributed by atoms with E-state index in [2.05, 4.69) is 21.2 Å². The Labute approximate surface area is 132 Å². The highest BCUT2D eigenvalue weighted by Crippen LogP contribution is 2.28. The van der Waals surface area contributed by atoms with Gasteiger partial charge >= 0.3 is 0 Å². The minimum atomic E-state index is -0.615. The van der Waals surface area contributed by atoms with Gasteiger partial charge in [0.05, 0.1) is 18.8 Å². The van der Waals surface area contributed by atoms with E-state index < -0.39 is 6.04 Å². The molecule has 2 rings (SSSR count). The summed E-state index contributed by atoms with van der Waals surface area (Å²) in [5.74, 6) is 0.355. The van der Waals surface area contributed by atoms with Crippen molar-refractivity contribution in [2.45, 2.75) is 12.5 Å². The summed E-state index contributed by atoms with van der Waals surface area (Å²) in [6.07, 6.45) is 0.489. The van der Waals surface area contributed by atoms with Crippen LogP contribution >= 0.6 is 15.9 Å². The number of nitrogens with one attached hydrogen (secondary N) is 1. The minimum absolute atomic E-state index is 0.241. The van der Waals surface area contributed by atoms with Gasteiger partial charge < -0.3 is 15.8 Å². The van der Waals surface area contributed by atoms with Crippen LogP contribution in [-0.4, -0.2) is 19.1 Å². The fourth-order valence-corrected chi connectivity index (χ4v) is 2.33. The van der Waals surface area contributed by atoms with E-state index in [-0.39, 0.29) is 5.91 Å². The lowest BCUT2D eigenvalue weighted by molar-refractivity contribution is -0.117. The van der Waals surface area contributed by atoms with Gasteiger partial charge in [-0.15, -0.1) is 0 Å². The summed E-state index contributed by atoms with van der Waals surface area (Å²) in [6.45, 7) is 0. The van der Waals surface area contributed by atoms with Crippen LogP contribution in [0.25, 0.3) is 0 Å². The maximum absolute atomic E-state index is 12.2. The second-order valence-corrected chi connectivity index (χ2v) is 5.55. The highest BCUT2D eigenvalue weighted by Gasteiger charge is 2.16. The molecule has 110 valence electrons. The molecular formula is C16H17BrN2O2. The van der Waals surface area contributed by atoms with Crippen molar-refractivity contribution < 1.29 is 9.53 Å². The summed E-state index contributed by atoms with van der Waals surface area (Å²) in [6, 6.07) is 14.5. The van der Waals surface area contributed by atoms with Gasteiger partial charge in [0.2, 0.25) is 5.91 Å². The number of halogens is 1. The quantitative estimate of drug-likeness (QED) is 0.872. The average Bonchev–Trinajstić information content (AvgIpc) is 2.48. The molecule has 0 saturated heterocycles. The molecule has 0 aliphatic heterocycles. The normalized spacial score (nSPS) is 11.8. The Hall–Kier alpha value is -1.85. The highest BCUT2D eigenvalue weighted by molar-refractivity contribution is 9.10. The minimum Gasteiger partial charge on any atom is -0.495 e. The summed E-state index contributed by atoms with van der Waals surface area (Å²) >= 11 is 3.37. The van der Waals surface area contributed by atoms with Crippen molar-refractivity contribution in [2.24, 2.45) is 5.73 Å². The molecule has 4 nitrogen and oxygen atoms in total. The van der Waals surface area contributed by atoms with Crippen LogP contribution in [0.5, 0.6) is 5.75 Å². The molecule has 21 heavy (non-hydrogen) atoms. The molecule has 1 amide bonds. The second kappa shape index (κ2) is 7.24. The van der Waals surface area contributed by atoms with Gasteiger partial charge in [-0.3, -0.25) is 4.79 Å². The number of carbonyl (C=O) groups is 1. The first-order valence-corrected chi connectivity index (χ1v) is 7.33. The smallest absolute Gasteiger partial charge is 0.241 e. The van der Waals surface area contributed by atoms with E-state index >= 15 is 0 Å². The molecule has 0 aromatic heterocycles. The van der Waals surface area contributed by atoms with Crippen LogP contribution in [0.3, 0.4) is 0 Å². The number of nitrogens with two attached hydrogens (primary N) is 1. The van der Waals surface area contributed by atoms with Gasteiger partial charge in [0.1, 0.15) is 5.75 Å². The van der Waals surface area contributed by atoms with Crippen molar-refractivity contribution in [2.75, 3.05) is 12.4 Å². The third-order valence-corrected chi connectivity index (χ3v) is 3.55. The average molecular weight is 349 g/mol. The van der Waals surface area contributed by atoms with Gasteiger partial charge in [0, 0.05) is 4.47 Å². The van der Waals surface area contributed by atoms with E-state index in [0.717, 1.165) is 10.0 Å². The van der Waals surface area contributed by atoms with Crippen molar-refractivity contribution in [1.29, 1.82) is 0 Å². The first-order chi connectivity index (χ1) is 10.1. The topological polar surface area (TPSA) is 64.3 Å². The number of hydrogen-bond acceptors (Lipinski definition) is 3. The van der Waals surface area contributed by atoms with E-state index in [9.17, 15) is 4.79 Å². The Morgan fingerprint density at radius 1 is 1.29 bits per heavy atom. The highest BCUT2D eigenvalue weighted by atomic mass is 79.9. The van der Waals surface area contributed by atoms with E-state index in [1.807, 2.05) is 36.4 Å². The molecule has 2 aromatic carbocycles. The van der Waals surface area contributed by atoms with Crippen LogP contribution < -0.4 is 15.8 Å². The standard InChI is InChI=1S/C16H17BrN2O2/c1-21-15-8-7-12(17)10-14(15)19-16(20)13(18)9-11-5-3-2-4-6-11/h2-8,10,13H,9,18H2,1H3,(H,19,20). The van der Waals surface area contributed by atoms with Crippen molar-refractivity contribution in [3.63, 3.8) is 0 Å². The second-order valence-electron chi connectivity index (χ2n) is 4.63. The van der Waals surface area contributed by atoms with Gasteiger partial charge in [0.15, 0.2) is 0 Å². The number of carbonyl (C=O) groups excluding carboxylic acids is 1. The van der Waals surface area contributed by atoms with Gasteiger partial charge in [-0.2, -0.15) is 0 Å². The fraction of sp³-hybridized carbons (Fsp3) is 0.188. The first kappa shape index (κ1) is 15.5. The number of amides is 1. The monoisotopic (exact) mass is 348 g/mol. The molecule has 0 bridgehead atoms. The predicted octanol–water partition coefficient (Wildman–Crippen LogP) is 2.97. The zero-order valence-electron chi connectivity index (χ0n) is 11.7. The maximum Gasteiger partial charge on any atom is 0.241 e. The van der Waals surface area contributed by atoms with E-state index in [1.54, 1.807) is 19.2 Å². The molecular weight excluding hydrogens is 332 g/mol. The molecule has 1 unspecified atom stereocenters. The third kappa shape index (κ3) is 4.31. The summed E-state index contributed by atoms with van der Waals surface area (Å²) in [4.78, 5) is 12.2. The van der Waals surface area contributed by atoms with Gasteiger partial charge in [-0.05, 0) is 30.2 Å². The molecule has 0 aliphatic rings. The van der Waals surface area contributed by atoms with E-state index in [4.69, 9.17) is 10.5 Å². The number of rotatable bonds is 5. The van der Waals surface area contributed by atoms with Crippen molar-refractivity contribution in [3.05, 3.63) is 58.6 Å². The molecule has 0 saturated carbocycles. The number of ether oxygens (including phenoxy) is 1. The molecule has 0 radical (unpaired) electrons. The van der Waals surface area contributed by atoms with Crippen molar-refractivity contribution in [3.8, 4) is 5.75 Å². The third-order valence-electron chi connectivity index (χ3n) is 3.05. The molecule has 1 atom stereocenters. The zero-order chi connectivity index (χ0) is 15.2. The largest absolute Gasteiger partial charge is 0.495 e. The maximum atomic E-state index is 12.2. The Kier molecular flexibility index (Phi) is 5.36. The van der Waals surface area contributed by atoms with Crippen LogP contribution in [-0.2, 0) is 11.2 Å². The lowest BCUT2D eigenvalue weighted by Gasteiger charge is -2.14. The summed E-state index contributed by atoms with van der Waals surface area (Å²) in [5, 5.41) is 2.80. The molecule has 5 heteroatoms. The van der Waals surface area contributed by atoms with Gasteiger partial charge in [-0.1, -0.05) is 46.3 Å². The molecule has 0 spiro atoms. The Balaban J connectivity index is 2.05. The zero-order valence-corrected chi connectivity index (χ0v) is 13.3. The lowest BCUT2D eigenvalue weighted by atomic mass is 10.1. The fourth-order valence-electron chi connectivity index (χ4n) is 1.96. The number of benzene rings is 2. The molecule has 2 aromatic rings. The molecule has 0 aliphatic carbocycles. The van der Waals surface area contributed by atoms with Crippen LogP contribution in [0.4, 0.5) is 5.69 Å². The molecule has 0 fully saturated rings. The van der Waals surface area contributed by atoms with Crippen LogP contribution in [0, 0.1) is 0 Å². The molecule has 3 N–H and O–H groups in total. The Bertz CT molecular complexity index is 617. The predicted molar refractivity (Wildman–Crippen MR) is 87.4 cm³/mol. The van der Waals surface area contributed by atoms with Crippen LogP contribution in [0.2, 0.25) is 0 Å². The summed E-state index contributed by atoms with van der Waals surface area (Å²) in [7, 11) is 1.56. The van der Waals surface area contributed by atoms with Crippen molar-refractivity contribution in [1.82, 2.24) is 0 Å². The van der Waals surface area contributed by atoms with Gasteiger partial charge in [-0.25, -0.2) is 0 Å². The number of hydrogen-bond donors (Lipinski definition) is 2. The summed E-state index contributed by atoms with van der Waals surface area (Å²) < 4.78 is 6.08. The molecule has 0 heterocycles. The first-order valence-electron chi connectivity index (χ1n) is 6.54. The Morgan fingerprint density at radius 3 is 2.67 bits per heavy atom. The summed E-state index contributed by atoms with van der Waals surface area (Å²) in [5.41, 5.74) is 7.59. The van der Waals surface area contributed by atoms with Crippen molar-refractivity contribution >= 4 is 27.5 Å².